The first-order valence-electron chi connectivity index (χ1n) is 7.16. The van der Waals surface area contributed by atoms with E-state index in [9.17, 15) is 0 Å². The van der Waals surface area contributed by atoms with E-state index in [1.54, 1.807) is 0 Å². The van der Waals surface area contributed by atoms with Crippen LogP contribution in [0.1, 0.15) is 19.8 Å². The smallest absolute Gasteiger partial charge is 0.226 e. The van der Waals surface area contributed by atoms with E-state index in [1.165, 1.54) is 12.8 Å². The highest BCUT2D eigenvalue weighted by molar-refractivity contribution is 5.43. The molecule has 19 heavy (non-hydrogen) atoms. The molecule has 5 nitrogen and oxygen atoms in total. The highest BCUT2D eigenvalue weighted by atomic mass is 15.3. The van der Waals surface area contributed by atoms with Crippen molar-refractivity contribution in [1.82, 2.24) is 15.3 Å². The van der Waals surface area contributed by atoms with Gasteiger partial charge in [-0.25, -0.2) is 4.98 Å². The van der Waals surface area contributed by atoms with E-state index in [0.717, 1.165) is 43.9 Å². The fourth-order valence-corrected chi connectivity index (χ4v) is 2.45. The van der Waals surface area contributed by atoms with Crippen molar-refractivity contribution in [3.8, 4) is 0 Å². The molecule has 1 aromatic rings. The number of nitrogens with zero attached hydrogens (tertiary/aromatic N) is 4. The van der Waals surface area contributed by atoms with Crippen LogP contribution in [0, 0.1) is 5.92 Å². The third-order valence-corrected chi connectivity index (χ3v) is 3.65. The highest BCUT2D eigenvalue weighted by Crippen LogP contribution is 2.22. The molecule has 1 N–H and O–H groups in total. The molecule has 1 aromatic heterocycles. The Morgan fingerprint density at radius 1 is 1.37 bits per heavy atom. The zero-order valence-electron chi connectivity index (χ0n) is 12.3. The summed E-state index contributed by atoms with van der Waals surface area (Å²) in [5, 5.41) is 3.45. The largest absolute Gasteiger partial charge is 0.356 e. The molecule has 0 amide bonds. The molecule has 1 aliphatic heterocycles. The van der Waals surface area contributed by atoms with Gasteiger partial charge in [0.05, 0.1) is 0 Å². The maximum atomic E-state index is 4.61. The number of hydrogen-bond acceptors (Lipinski definition) is 5. The summed E-state index contributed by atoms with van der Waals surface area (Å²) in [6.07, 6.45) is 4.34. The minimum Gasteiger partial charge on any atom is -0.356 e. The molecule has 0 bridgehead atoms. The van der Waals surface area contributed by atoms with E-state index in [0.29, 0.717) is 0 Å². The molecule has 0 radical (unpaired) electrons. The number of rotatable bonds is 5. The standard InChI is InChI=1S/C14H25N5/c1-4-15-11-12-6-9-19(10-7-12)13-5-8-16-14(17-13)18(2)3/h5,8,12,15H,4,6-7,9-11H2,1-3H3. The Labute approximate surface area is 116 Å². The van der Waals surface area contributed by atoms with Crippen LogP contribution in [0.2, 0.25) is 0 Å². The average Bonchev–Trinajstić information content (AvgIpc) is 2.46. The van der Waals surface area contributed by atoms with Crippen molar-refractivity contribution in [2.75, 3.05) is 50.1 Å². The molecule has 1 fully saturated rings. The Bertz CT molecular complexity index is 385. The van der Waals surface area contributed by atoms with Gasteiger partial charge in [0.15, 0.2) is 0 Å². The van der Waals surface area contributed by atoms with Crippen molar-refractivity contribution >= 4 is 11.8 Å². The van der Waals surface area contributed by atoms with Gasteiger partial charge < -0.3 is 15.1 Å². The van der Waals surface area contributed by atoms with Gasteiger partial charge in [0.25, 0.3) is 0 Å². The topological polar surface area (TPSA) is 44.3 Å². The SMILES string of the molecule is CCNCC1CCN(c2ccnc(N(C)C)n2)CC1. The number of hydrogen-bond donors (Lipinski definition) is 1. The van der Waals surface area contributed by atoms with Crippen molar-refractivity contribution in [2.45, 2.75) is 19.8 Å². The molecular weight excluding hydrogens is 238 g/mol. The predicted molar refractivity (Wildman–Crippen MR) is 79.8 cm³/mol. The molecule has 106 valence electrons. The normalized spacial score (nSPS) is 16.7. The van der Waals surface area contributed by atoms with Crippen molar-refractivity contribution in [3.63, 3.8) is 0 Å². The lowest BCUT2D eigenvalue weighted by atomic mass is 9.97. The van der Waals surface area contributed by atoms with Gasteiger partial charge in [0.2, 0.25) is 5.95 Å². The first-order valence-corrected chi connectivity index (χ1v) is 7.16. The number of anilines is 2. The molecule has 0 unspecified atom stereocenters. The van der Waals surface area contributed by atoms with E-state index in [2.05, 4.69) is 27.1 Å². The molecule has 0 saturated carbocycles. The van der Waals surface area contributed by atoms with E-state index in [1.807, 2.05) is 31.3 Å². The van der Waals surface area contributed by atoms with Gasteiger partial charge in [0, 0.05) is 33.4 Å². The molecule has 0 aliphatic carbocycles. The highest BCUT2D eigenvalue weighted by Gasteiger charge is 2.20. The molecule has 0 atom stereocenters. The summed E-state index contributed by atoms with van der Waals surface area (Å²) in [5.74, 6) is 2.65. The molecule has 5 heteroatoms. The van der Waals surface area contributed by atoms with Gasteiger partial charge in [-0.05, 0) is 37.9 Å². The van der Waals surface area contributed by atoms with Gasteiger partial charge in [-0.15, -0.1) is 0 Å². The molecular formula is C14H25N5. The molecule has 0 spiro atoms. The van der Waals surface area contributed by atoms with Crippen LogP contribution in [0.5, 0.6) is 0 Å². The van der Waals surface area contributed by atoms with Crippen LogP contribution in [0.4, 0.5) is 11.8 Å². The van der Waals surface area contributed by atoms with Crippen LogP contribution in [-0.4, -0.2) is 50.2 Å². The van der Waals surface area contributed by atoms with Crippen LogP contribution in [0.25, 0.3) is 0 Å². The van der Waals surface area contributed by atoms with E-state index >= 15 is 0 Å². The third kappa shape index (κ3) is 3.80. The molecule has 2 heterocycles. The third-order valence-electron chi connectivity index (χ3n) is 3.65. The number of nitrogens with one attached hydrogen (secondary N) is 1. The minimum atomic E-state index is 0.785. The first kappa shape index (κ1) is 14.1. The fourth-order valence-electron chi connectivity index (χ4n) is 2.45. The lowest BCUT2D eigenvalue weighted by molar-refractivity contribution is 0.385. The van der Waals surface area contributed by atoms with Crippen molar-refractivity contribution < 1.29 is 0 Å². The van der Waals surface area contributed by atoms with E-state index in [-0.39, 0.29) is 0 Å². The lowest BCUT2D eigenvalue weighted by Crippen LogP contribution is -2.37. The maximum absolute atomic E-state index is 4.61. The molecule has 1 saturated heterocycles. The minimum absolute atomic E-state index is 0.785. The summed E-state index contributed by atoms with van der Waals surface area (Å²) in [4.78, 5) is 13.2. The summed E-state index contributed by atoms with van der Waals surface area (Å²) >= 11 is 0. The molecule has 0 aromatic carbocycles. The number of piperidine rings is 1. The van der Waals surface area contributed by atoms with Crippen LogP contribution >= 0.6 is 0 Å². The maximum Gasteiger partial charge on any atom is 0.226 e. The summed E-state index contributed by atoms with van der Waals surface area (Å²) in [6, 6.07) is 2.01. The summed E-state index contributed by atoms with van der Waals surface area (Å²) in [5.41, 5.74) is 0. The van der Waals surface area contributed by atoms with Crippen LogP contribution in [-0.2, 0) is 0 Å². The lowest BCUT2D eigenvalue weighted by Gasteiger charge is -2.33. The summed E-state index contributed by atoms with van der Waals surface area (Å²) < 4.78 is 0. The Morgan fingerprint density at radius 3 is 2.74 bits per heavy atom. The van der Waals surface area contributed by atoms with Crippen LogP contribution in [0.15, 0.2) is 12.3 Å². The van der Waals surface area contributed by atoms with Gasteiger partial charge in [-0.2, -0.15) is 4.98 Å². The first-order chi connectivity index (χ1) is 9.20. The van der Waals surface area contributed by atoms with Gasteiger partial charge in [-0.1, -0.05) is 6.92 Å². The predicted octanol–water partition coefficient (Wildman–Crippen LogP) is 1.37. The second-order valence-corrected chi connectivity index (χ2v) is 5.35. The second kappa shape index (κ2) is 6.70. The average molecular weight is 263 g/mol. The van der Waals surface area contributed by atoms with Crippen molar-refractivity contribution in [3.05, 3.63) is 12.3 Å². The Kier molecular flexibility index (Phi) is 4.96. The van der Waals surface area contributed by atoms with Gasteiger partial charge >= 0.3 is 0 Å². The zero-order valence-corrected chi connectivity index (χ0v) is 12.3. The Balaban J connectivity index is 1.92. The van der Waals surface area contributed by atoms with Gasteiger partial charge in [-0.3, -0.25) is 0 Å². The molecule has 1 aliphatic rings. The van der Waals surface area contributed by atoms with Gasteiger partial charge in [0.1, 0.15) is 5.82 Å². The zero-order chi connectivity index (χ0) is 13.7. The summed E-state index contributed by atoms with van der Waals surface area (Å²) in [7, 11) is 3.95. The summed E-state index contributed by atoms with van der Waals surface area (Å²) in [6.45, 7) is 6.58. The van der Waals surface area contributed by atoms with Crippen LogP contribution in [0.3, 0.4) is 0 Å². The quantitative estimate of drug-likeness (QED) is 0.869. The van der Waals surface area contributed by atoms with E-state index < -0.39 is 0 Å². The van der Waals surface area contributed by atoms with E-state index in [4.69, 9.17) is 0 Å². The Hall–Kier alpha value is -1.36. The fraction of sp³-hybridized carbons (Fsp3) is 0.714. The monoisotopic (exact) mass is 263 g/mol. The van der Waals surface area contributed by atoms with Crippen molar-refractivity contribution in [2.24, 2.45) is 5.92 Å². The van der Waals surface area contributed by atoms with Crippen LogP contribution < -0.4 is 15.1 Å². The molecule has 2 rings (SSSR count). The number of aromatic nitrogens is 2. The van der Waals surface area contributed by atoms with Crippen molar-refractivity contribution in [1.29, 1.82) is 0 Å². The Morgan fingerprint density at radius 2 is 2.11 bits per heavy atom. The second-order valence-electron chi connectivity index (χ2n) is 5.35.